The van der Waals surface area contributed by atoms with E-state index < -0.39 is 21.1 Å². The molecule has 0 spiro atoms. The van der Waals surface area contributed by atoms with Gasteiger partial charge in [-0.15, -0.1) is 0 Å². The van der Waals surface area contributed by atoms with E-state index in [4.69, 9.17) is 9.84 Å². The number of fused-ring (bicyclic) bond motifs is 1. The van der Waals surface area contributed by atoms with Gasteiger partial charge in [0.05, 0.1) is 28.9 Å². The predicted octanol–water partition coefficient (Wildman–Crippen LogP) is 1.08. The summed E-state index contributed by atoms with van der Waals surface area (Å²) in [7, 11) is -3.50. The first-order valence-electron chi connectivity index (χ1n) is 5.11. The first-order valence-corrected chi connectivity index (χ1v) is 6.65. The summed E-state index contributed by atoms with van der Waals surface area (Å²) in [6.07, 6.45) is 0. The van der Waals surface area contributed by atoms with E-state index in [-0.39, 0.29) is 23.7 Å². The molecule has 1 unspecified atom stereocenters. The highest BCUT2D eigenvalue weighted by Crippen LogP contribution is 2.26. The van der Waals surface area contributed by atoms with Gasteiger partial charge in [0.2, 0.25) is 0 Å². The molecule has 1 N–H and O–H groups in total. The van der Waals surface area contributed by atoms with E-state index in [2.05, 4.69) is 0 Å². The van der Waals surface area contributed by atoms with Crippen LogP contribution < -0.4 is 0 Å². The Bertz CT molecular complexity index is 561. The smallest absolute Gasteiger partial charge is 0.335 e. The van der Waals surface area contributed by atoms with Gasteiger partial charge in [0, 0.05) is 0 Å². The Hall–Kier alpha value is -1.40. The van der Waals surface area contributed by atoms with Crippen LogP contribution in [0.25, 0.3) is 0 Å². The fourth-order valence-electron chi connectivity index (χ4n) is 1.71. The zero-order valence-corrected chi connectivity index (χ0v) is 10.0. The largest absolute Gasteiger partial charge is 0.478 e. The summed E-state index contributed by atoms with van der Waals surface area (Å²) in [6.45, 7) is 1.87. The first-order chi connectivity index (χ1) is 7.93. The lowest BCUT2D eigenvalue weighted by molar-refractivity contribution is 0.0696. The Morgan fingerprint density at radius 3 is 2.82 bits per heavy atom. The number of sulfone groups is 1. The molecule has 0 radical (unpaired) electrons. The van der Waals surface area contributed by atoms with Gasteiger partial charge in [0.15, 0.2) is 9.84 Å². The Kier molecular flexibility index (Phi) is 2.92. The number of benzene rings is 1. The molecular formula is C11H12O5S. The molecule has 2 rings (SSSR count). The minimum Gasteiger partial charge on any atom is -0.478 e. The zero-order valence-electron chi connectivity index (χ0n) is 9.21. The average Bonchev–Trinajstić information content (AvgIpc) is 2.38. The maximum Gasteiger partial charge on any atom is 0.335 e. The summed E-state index contributed by atoms with van der Waals surface area (Å²) in [5, 5.41) is 8.21. The number of carboxylic acid groups (broad SMARTS) is 1. The molecule has 1 aromatic carbocycles. The molecule has 0 bridgehead atoms. The van der Waals surface area contributed by atoms with Gasteiger partial charge < -0.3 is 9.84 Å². The zero-order chi connectivity index (χ0) is 12.6. The van der Waals surface area contributed by atoms with Crippen molar-refractivity contribution in [2.75, 3.05) is 6.61 Å². The molecular weight excluding hydrogens is 244 g/mol. The number of carboxylic acids is 1. The quantitative estimate of drug-likeness (QED) is 0.813. The molecule has 1 heterocycles. The van der Waals surface area contributed by atoms with Crippen LogP contribution in [0.1, 0.15) is 22.8 Å². The van der Waals surface area contributed by atoms with E-state index in [0.29, 0.717) is 5.56 Å². The summed E-state index contributed by atoms with van der Waals surface area (Å²) >= 11 is 0. The van der Waals surface area contributed by atoms with Gasteiger partial charge >= 0.3 is 5.97 Å². The molecule has 5 nitrogen and oxygen atoms in total. The van der Waals surface area contributed by atoms with Crippen LogP contribution in [0.15, 0.2) is 23.1 Å². The number of aromatic carboxylic acids is 1. The lowest BCUT2D eigenvalue weighted by atomic mass is 10.1. The predicted molar refractivity (Wildman–Crippen MR) is 59.7 cm³/mol. The standard InChI is InChI=1S/C11H12O5S/c1-7-5-16-6-9-3-2-8(11(12)13)4-10(9)17(7,14)15/h2-4,7H,5-6H2,1H3,(H,12,13). The summed E-state index contributed by atoms with van der Waals surface area (Å²) in [5.41, 5.74) is 0.487. The molecule has 0 aromatic heterocycles. The van der Waals surface area contributed by atoms with Crippen LogP contribution in [-0.2, 0) is 21.2 Å². The molecule has 1 aliphatic heterocycles. The van der Waals surface area contributed by atoms with Crippen LogP contribution in [0.4, 0.5) is 0 Å². The fourth-order valence-corrected chi connectivity index (χ4v) is 3.21. The molecule has 92 valence electrons. The van der Waals surface area contributed by atoms with Gasteiger partial charge in [0.1, 0.15) is 0 Å². The molecule has 1 aromatic rings. The maximum atomic E-state index is 12.1. The number of carbonyl (C=O) groups is 1. The molecule has 17 heavy (non-hydrogen) atoms. The van der Waals surface area contributed by atoms with Crippen molar-refractivity contribution in [1.29, 1.82) is 0 Å². The third-order valence-electron chi connectivity index (χ3n) is 2.76. The van der Waals surface area contributed by atoms with Gasteiger partial charge in [-0.1, -0.05) is 6.07 Å². The van der Waals surface area contributed by atoms with Crippen molar-refractivity contribution >= 4 is 15.8 Å². The molecule has 0 amide bonds. The van der Waals surface area contributed by atoms with E-state index in [9.17, 15) is 13.2 Å². The topological polar surface area (TPSA) is 80.7 Å². The first kappa shape index (κ1) is 12.1. The van der Waals surface area contributed by atoms with E-state index in [1.165, 1.54) is 18.2 Å². The number of hydrogen-bond acceptors (Lipinski definition) is 4. The second-order valence-corrected chi connectivity index (χ2v) is 6.33. The van der Waals surface area contributed by atoms with Gasteiger partial charge in [-0.05, 0) is 24.6 Å². The highest BCUT2D eigenvalue weighted by molar-refractivity contribution is 7.92. The number of rotatable bonds is 1. The van der Waals surface area contributed by atoms with Crippen molar-refractivity contribution in [3.05, 3.63) is 29.3 Å². The van der Waals surface area contributed by atoms with Crippen LogP contribution >= 0.6 is 0 Å². The molecule has 0 saturated heterocycles. The van der Waals surface area contributed by atoms with Crippen molar-refractivity contribution in [2.45, 2.75) is 23.7 Å². The summed E-state index contributed by atoms with van der Waals surface area (Å²) < 4.78 is 29.5. The lowest BCUT2D eigenvalue weighted by Crippen LogP contribution is -2.21. The second-order valence-electron chi connectivity index (χ2n) is 4.00. The van der Waals surface area contributed by atoms with Crippen molar-refractivity contribution in [1.82, 2.24) is 0 Å². The van der Waals surface area contributed by atoms with Crippen LogP contribution in [-0.4, -0.2) is 31.4 Å². The normalized spacial score (nSPS) is 22.5. The highest BCUT2D eigenvalue weighted by Gasteiger charge is 2.29. The van der Waals surface area contributed by atoms with Gasteiger partial charge in [0.25, 0.3) is 0 Å². The van der Waals surface area contributed by atoms with Gasteiger partial charge in [-0.2, -0.15) is 0 Å². The monoisotopic (exact) mass is 256 g/mol. The van der Waals surface area contributed by atoms with Crippen molar-refractivity contribution in [2.24, 2.45) is 0 Å². The second kappa shape index (κ2) is 4.12. The van der Waals surface area contributed by atoms with Crippen molar-refractivity contribution in [3.8, 4) is 0 Å². The van der Waals surface area contributed by atoms with E-state index in [0.717, 1.165) is 0 Å². The Morgan fingerprint density at radius 2 is 2.18 bits per heavy atom. The minimum atomic E-state index is -3.50. The lowest BCUT2D eigenvalue weighted by Gasteiger charge is -2.10. The number of hydrogen-bond donors (Lipinski definition) is 1. The van der Waals surface area contributed by atoms with E-state index in [1.54, 1.807) is 6.92 Å². The van der Waals surface area contributed by atoms with Gasteiger partial charge in [-0.25, -0.2) is 13.2 Å². The Labute approximate surface area is 98.9 Å². The molecule has 1 atom stereocenters. The summed E-state index contributed by atoms with van der Waals surface area (Å²) in [4.78, 5) is 10.9. The number of ether oxygens (including phenoxy) is 1. The third-order valence-corrected chi connectivity index (χ3v) is 4.95. The van der Waals surface area contributed by atoms with Gasteiger partial charge in [-0.3, -0.25) is 0 Å². The molecule has 0 saturated carbocycles. The van der Waals surface area contributed by atoms with E-state index >= 15 is 0 Å². The van der Waals surface area contributed by atoms with Crippen molar-refractivity contribution in [3.63, 3.8) is 0 Å². The fraction of sp³-hybridized carbons (Fsp3) is 0.364. The third kappa shape index (κ3) is 2.05. The summed E-state index contributed by atoms with van der Waals surface area (Å²) in [6, 6.07) is 4.09. The minimum absolute atomic E-state index is 0.0265. The highest BCUT2D eigenvalue weighted by atomic mass is 32.2. The van der Waals surface area contributed by atoms with Crippen LogP contribution in [0.5, 0.6) is 0 Å². The van der Waals surface area contributed by atoms with Crippen molar-refractivity contribution < 1.29 is 23.1 Å². The molecule has 6 heteroatoms. The Morgan fingerprint density at radius 1 is 1.47 bits per heavy atom. The van der Waals surface area contributed by atoms with Crippen LogP contribution in [0, 0.1) is 0 Å². The molecule has 0 fully saturated rings. The summed E-state index contributed by atoms with van der Waals surface area (Å²) in [5.74, 6) is -1.14. The SMILES string of the molecule is CC1COCc2ccc(C(=O)O)cc2S1(=O)=O. The molecule has 0 aliphatic carbocycles. The van der Waals surface area contributed by atoms with Crippen LogP contribution in [0.3, 0.4) is 0 Å². The average molecular weight is 256 g/mol. The maximum absolute atomic E-state index is 12.1. The van der Waals surface area contributed by atoms with Crippen LogP contribution in [0.2, 0.25) is 0 Å². The van der Waals surface area contributed by atoms with E-state index in [1.807, 2.05) is 0 Å². The Balaban J connectivity index is 2.65. The molecule has 1 aliphatic rings.